The number of guanidine groups is 1. The second-order valence-electron chi connectivity index (χ2n) is 6.09. The minimum absolute atomic E-state index is 0.0603. The number of alkyl halides is 3. The first-order valence-corrected chi connectivity index (χ1v) is 8.03. The molecule has 1 aromatic heterocycles. The van der Waals surface area contributed by atoms with E-state index in [9.17, 15) is 13.2 Å². The molecule has 1 atom stereocenters. The van der Waals surface area contributed by atoms with Crippen molar-refractivity contribution in [1.29, 1.82) is 0 Å². The minimum Gasteiger partial charge on any atom is -0.468 e. The van der Waals surface area contributed by atoms with Crippen molar-refractivity contribution < 1.29 is 22.6 Å². The summed E-state index contributed by atoms with van der Waals surface area (Å²) >= 11 is 0. The van der Waals surface area contributed by atoms with Gasteiger partial charge in [0.05, 0.1) is 5.60 Å². The highest BCUT2D eigenvalue weighted by Crippen LogP contribution is 2.23. The van der Waals surface area contributed by atoms with E-state index in [1.54, 1.807) is 13.1 Å². The summed E-state index contributed by atoms with van der Waals surface area (Å²) in [6.07, 6.45) is -0.855. The Morgan fingerprint density at radius 3 is 2.76 bits per heavy atom. The topological polar surface area (TPSA) is 67.8 Å². The zero-order valence-corrected chi connectivity index (χ0v) is 14.3. The summed E-state index contributed by atoms with van der Waals surface area (Å²) < 4.78 is 46.5. The summed E-state index contributed by atoms with van der Waals surface area (Å²) in [6, 6.07) is 3.06. The zero-order valence-electron chi connectivity index (χ0n) is 14.3. The summed E-state index contributed by atoms with van der Waals surface area (Å²) in [5, 5.41) is 6.34. The molecule has 9 heteroatoms. The molecule has 0 amide bonds. The van der Waals surface area contributed by atoms with Gasteiger partial charge in [-0.3, -0.25) is 4.99 Å². The predicted molar refractivity (Wildman–Crippen MR) is 87.6 cm³/mol. The highest BCUT2D eigenvalue weighted by Gasteiger charge is 2.30. The molecule has 1 aliphatic rings. The van der Waals surface area contributed by atoms with Gasteiger partial charge in [0.25, 0.3) is 0 Å². The molecule has 1 saturated heterocycles. The van der Waals surface area contributed by atoms with Crippen molar-refractivity contribution in [3.05, 3.63) is 23.9 Å². The maximum absolute atomic E-state index is 12.1. The first-order valence-electron chi connectivity index (χ1n) is 8.03. The highest BCUT2D eigenvalue weighted by molar-refractivity contribution is 5.79. The fourth-order valence-electron chi connectivity index (χ4n) is 2.41. The van der Waals surface area contributed by atoms with Crippen LogP contribution in [0.15, 0.2) is 23.3 Å². The summed E-state index contributed by atoms with van der Waals surface area (Å²) in [7, 11) is 1.67. The molecule has 1 aliphatic heterocycles. The van der Waals surface area contributed by atoms with E-state index < -0.39 is 12.8 Å². The van der Waals surface area contributed by atoms with Gasteiger partial charge in [-0.1, -0.05) is 6.07 Å². The molecular formula is C16H23F3N4O2. The average molecular weight is 360 g/mol. The lowest BCUT2D eigenvalue weighted by Gasteiger charge is -2.24. The fraction of sp³-hybridized carbons (Fsp3) is 0.625. The van der Waals surface area contributed by atoms with Crippen LogP contribution in [0, 0.1) is 0 Å². The number of rotatable bonds is 6. The van der Waals surface area contributed by atoms with Crippen LogP contribution in [-0.2, 0) is 11.3 Å². The van der Waals surface area contributed by atoms with Gasteiger partial charge < -0.3 is 20.1 Å². The van der Waals surface area contributed by atoms with Crippen LogP contribution in [0.2, 0.25) is 0 Å². The van der Waals surface area contributed by atoms with Gasteiger partial charge in [-0.25, -0.2) is 4.98 Å². The number of aromatic nitrogens is 1. The molecule has 0 radical (unpaired) electrons. The predicted octanol–water partition coefficient (Wildman–Crippen LogP) is 2.26. The van der Waals surface area contributed by atoms with Crippen LogP contribution in [0.5, 0.6) is 5.88 Å². The molecule has 0 aliphatic carbocycles. The molecule has 0 spiro atoms. The minimum atomic E-state index is -4.38. The smallest absolute Gasteiger partial charge is 0.422 e. The highest BCUT2D eigenvalue weighted by atomic mass is 19.4. The number of nitrogens with one attached hydrogen (secondary N) is 2. The number of pyridine rings is 1. The van der Waals surface area contributed by atoms with E-state index in [0.29, 0.717) is 19.0 Å². The van der Waals surface area contributed by atoms with E-state index in [1.807, 2.05) is 0 Å². The van der Waals surface area contributed by atoms with Crippen LogP contribution in [0.25, 0.3) is 0 Å². The van der Waals surface area contributed by atoms with Crippen molar-refractivity contribution in [3.63, 3.8) is 0 Å². The van der Waals surface area contributed by atoms with Crippen molar-refractivity contribution >= 4 is 5.96 Å². The van der Waals surface area contributed by atoms with E-state index in [2.05, 4.69) is 32.3 Å². The van der Waals surface area contributed by atoms with Crippen LogP contribution >= 0.6 is 0 Å². The Balaban J connectivity index is 1.77. The Labute approximate surface area is 144 Å². The van der Waals surface area contributed by atoms with E-state index in [0.717, 1.165) is 25.0 Å². The molecule has 25 heavy (non-hydrogen) atoms. The third kappa shape index (κ3) is 6.77. The molecule has 140 valence electrons. The van der Waals surface area contributed by atoms with Crippen molar-refractivity contribution in [1.82, 2.24) is 15.6 Å². The largest absolute Gasteiger partial charge is 0.468 e. The number of hydrogen-bond donors (Lipinski definition) is 2. The molecular weight excluding hydrogens is 337 g/mol. The van der Waals surface area contributed by atoms with Gasteiger partial charge in [0.2, 0.25) is 5.88 Å². The Kier molecular flexibility index (Phi) is 6.46. The van der Waals surface area contributed by atoms with Crippen molar-refractivity contribution in [3.8, 4) is 5.88 Å². The first kappa shape index (κ1) is 19.3. The standard InChI is InChI=1S/C16H23F3N4O2/c1-15(6-3-7-25-15)10-23-14(20-2)22-9-12-4-5-13(21-8-12)24-11-16(17,18)19/h4-5,8H,3,6-7,9-11H2,1-2H3,(H2,20,22,23). The second-order valence-corrected chi connectivity index (χ2v) is 6.09. The van der Waals surface area contributed by atoms with Gasteiger partial charge in [-0.15, -0.1) is 0 Å². The Morgan fingerprint density at radius 2 is 2.20 bits per heavy atom. The average Bonchev–Trinajstić information content (AvgIpc) is 3.00. The lowest BCUT2D eigenvalue weighted by atomic mass is 10.0. The van der Waals surface area contributed by atoms with Crippen LogP contribution < -0.4 is 15.4 Å². The van der Waals surface area contributed by atoms with Crippen LogP contribution in [-0.4, -0.2) is 49.5 Å². The van der Waals surface area contributed by atoms with Crippen molar-refractivity contribution in [2.24, 2.45) is 4.99 Å². The fourth-order valence-corrected chi connectivity index (χ4v) is 2.41. The third-order valence-electron chi connectivity index (χ3n) is 3.80. The van der Waals surface area contributed by atoms with Crippen molar-refractivity contribution in [2.75, 3.05) is 26.8 Å². The molecule has 2 heterocycles. The molecule has 0 saturated carbocycles. The maximum Gasteiger partial charge on any atom is 0.422 e. The van der Waals surface area contributed by atoms with E-state index in [-0.39, 0.29) is 11.5 Å². The normalized spacial score (nSPS) is 21.2. The number of halogens is 3. The summed E-state index contributed by atoms with van der Waals surface area (Å²) in [4.78, 5) is 8.00. The molecule has 6 nitrogen and oxygen atoms in total. The summed E-state index contributed by atoms with van der Waals surface area (Å²) in [5.41, 5.74) is 0.613. The molecule has 1 unspecified atom stereocenters. The van der Waals surface area contributed by atoms with Gasteiger partial charge >= 0.3 is 6.18 Å². The first-order chi connectivity index (χ1) is 11.8. The van der Waals surface area contributed by atoms with Crippen molar-refractivity contribution in [2.45, 2.75) is 38.1 Å². The quantitative estimate of drug-likeness (QED) is 0.602. The van der Waals surface area contributed by atoms with E-state index >= 15 is 0 Å². The maximum atomic E-state index is 12.1. The van der Waals surface area contributed by atoms with Crippen LogP contribution in [0.3, 0.4) is 0 Å². The van der Waals surface area contributed by atoms with Gasteiger partial charge in [0.15, 0.2) is 12.6 Å². The number of nitrogens with zero attached hydrogens (tertiary/aromatic N) is 2. The van der Waals surface area contributed by atoms with E-state index in [4.69, 9.17) is 4.74 Å². The van der Waals surface area contributed by atoms with Crippen LogP contribution in [0.4, 0.5) is 13.2 Å². The number of ether oxygens (including phenoxy) is 2. The molecule has 2 rings (SSSR count). The Morgan fingerprint density at radius 1 is 1.40 bits per heavy atom. The molecule has 1 aromatic rings. The van der Waals surface area contributed by atoms with Gasteiger partial charge in [0, 0.05) is 39.0 Å². The summed E-state index contributed by atoms with van der Waals surface area (Å²) in [5.74, 6) is 0.559. The van der Waals surface area contributed by atoms with Gasteiger partial charge in [-0.2, -0.15) is 13.2 Å². The lowest BCUT2D eigenvalue weighted by molar-refractivity contribution is -0.154. The second kappa shape index (κ2) is 8.37. The Hall–Kier alpha value is -2.03. The monoisotopic (exact) mass is 360 g/mol. The molecule has 0 bridgehead atoms. The molecule has 1 fully saturated rings. The third-order valence-corrected chi connectivity index (χ3v) is 3.80. The number of hydrogen-bond acceptors (Lipinski definition) is 4. The summed E-state index contributed by atoms with van der Waals surface area (Å²) in [6.45, 7) is 2.57. The molecule has 2 N–H and O–H groups in total. The van der Waals surface area contributed by atoms with Crippen LogP contribution in [0.1, 0.15) is 25.3 Å². The SMILES string of the molecule is CN=C(NCc1ccc(OCC(F)(F)F)nc1)NCC1(C)CCCO1. The Bertz CT molecular complexity index is 570. The van der Waals surface area contributed by atoms with Gasteiger partial charge in [-0.05, 0) is 25.3 Å². The molecule has 0 aromatic carbocycles. The zero-order chi connectivity index (χ0) is 18.3. The lowest BCUT2D eigenvalue weighted by Crippen LogP contribution is -2.45. The van der Waals surface area contributed by atoms with Gasteiger partial charge in [0.1, 0.15) is 0 Å². The number of aliphatic imine (C=N–C) groups is 1. The van der Waals surface area contributed by atoms with E-state index in [1.165, 1.54) is 12.3 Å².